The van der Waals surface area contributed by atoms with Crippen LogP contribution in [0.25, 0.3) is 0 Å². The van der Waals surface area contributed by atoms with Crippen LogP contribution in [0.4, 0.5) is 11.5 Å². The summed E-state index contributed by atoms with van der Waals surface area (Å²) in [4.78, 5) is 27.5. The van der Waals surface area contributed by atoms with Gasteiger partial charge in [0.2, 0.25) is 10.0 Å². The van der Waals surface area contributed by atoms with Crippen molar-refractivity contribution in [3.05, 3.63) is 36.0 Å². The maximum Gasteiger partial charge on any atom is 0.340 e. The van der Waals surface area contributed by atoms with E-state index < -0.39 is 28.5 Å². The number of esters is 1. The van der Waals surface area contributed by atoms with E-state index in [2.05, 4.69) is 10.4 Å². The van der Waals surface area contributed by atoms with Gasteiger partial charge in [0.25, 0.3) is 5.91 Å². The molecule has 11 heteroatoms. The number of aromatic nitrogens is 2. The number of amides is 1. The molecule has 186 valence electrons. The van der Waals surface area contributed by atoms with Gasteiger partial charge in [-0.05, 0) is 44.9 Å². The first-order valence-corrected chi connectivity index (χ1v) is 13.0. The van der Waals surface area contributed by atoms with Crippen LogP contribution in [0.5, 0.6) is 0 Å². The second kappa shape index (κ2) is 11.0. The van der Waals surface area contributed by atoms with Gasteiger partial charge in [-0.2, -0.15) is 9.40 Å². The van der Waals surface area contributed by atoms with E-state index in [4.69, 9.17) is 4.74 Å². The zero-order valence-electron chi connectivity index (χ0n) is 20.2. The summed E-state index contributed by atoms with van der Waals surface area (Å²) < 4.78 is 34.3. The summed E-state index contributed by atoms with van der Waals surface area (Å²) in [6, 6.07) is 6.24. The number of hydrogen-bond acceptors (Lipinski definition) is 7. The summed E-state index contributed by atoms with van der Waals surface area (Å²) >= 11 is 0. The van der Waals surface area contributed by atoms with Crippen LogP contribution in [-0.2, 0) is 19.6 Å². The highest BCUT2D eigenvalue weighted by Crippen LogP contribution is 2.29. The van der Waals surface area contributed by atoms with E-state index in [1.165, 1.54) is 16.4 Å². The quantitative estimate of drug-likeness (QED) is 0.508. The Morgan fingerprint density at radius 2 is 1.82 bits per heavy atom. The summed E-state index contributed by atoms with van der Waals surface area (Å²) in [6.07, 6.45) is 3.55. The monoisotopic (exact) mass is 491 g/mol. The second-order valence-corrected chi connectivity index (χ2v) is 10.3. The van der Waals surface area contributed by atoms with Gasteiger partial charge in [0.15, 0.2) is 6.61 Å². The Labute approximate surface area is 200 Å². The van der Waals surface area contributed by atoms with Crippen LogP contribution in [0.15, 0.2) is 35.4 Å². The molecule has 0 unspecified atom stereocenters. The molecule has 0 spiro atoms. The Balaban J connectivity index is 1.81. The normalized spacial score (nSPS) is 14.1. The fourth-order valence-electron chi connectivity index (χ4n) is 4.00. The minimum Gasteiger partial charge on any atom is -0.452 e. The van der Waals surface area contributed by atoms with E-state index in [1.54, 1.807) is 36.9 Å². The SMILES string of the molecule is CCN(CC)S(=O)(=O)c1ccc(N2CCCC2)c(C(=O)OCC(=O)Nc2ccnn2C(C)C)c1. The van der Waals surface area contributed by atoms with Crippen molar-refractivity contribution in [3.63, 3.8) is 0 Å². The van der Waals surface area contributed by atoms with Crippen molar-refractivity contribution in [1.82, 2.24) is 14.1 Å². The van der Waals surface area contributed by atoms with E-state index in [0.717, 1.165) is 25.9 Å². The van der Waals surface area contributed by atoms with E-state index in [1.807, 2.05) is 18.7 Å². The molecule has 0 radical (unpaired) electrons. The van der Waals surface area contributed by atoms with E-state index in [0.29, 0.717) is 24.6 Å². The van der Waals surface area contributed by atoms with Crippen molar-refractivity contribution in [2.75, 3.05) is 43.0 Å². The van der Waals surface area contributed by atoms with Crippen molar-refractivity contribution in [1.29, 1.82) is 0 Å². The molecular formula is C23H33N5O5S. The Bertz CT molecular complexity index is 1120. The molecular weight excluding hydrogens is 458 g/mol. The maximum atomic E-state index is 13.0. The highest BCUT2D eigenvalue weighted by molar-refractivity contribution is 7.89. The number of hydrogen-bond donors (Lipinski definition) is 1. The molecule has 0 saturated carbocycles. The number of rotatable bonds is 10. The van der Waals surface area contributed by atoms with Crippen LogP contribution < -0.4 is 10.2 Å². The average molecular weight is 492 g/mol. The highest BCUT2D eigenvalue weighted by Gasteiger charge is 2.27. The molecule has 1 saturated heterocycles. The Kier molecular flexibility index (Phi) is 8.32. The van der Waals surface area contributed by atoms with Crippen LogP contribution in [0.1, 0.15) is 56.9 Å². The minimum atomic E-state index is -3.76. The third-order valence-electron chi connectivity index (χ3n) is 5.74. The summed E-state index contributed by atoms with van der Waals surface area (Å²) in [5.74, 6) is -0.752. The van der Waals surface area contributed by atoms with E-state index in [-0.39, 0.29) is 16.5 Å². The first kappa shape index (κ1) is 25.7. The zero-order valence-corrected chi connectivity index (χ0v) is 21.0. The molecule has 0 bridgehead atoms. The van der Waals surface area contributed by atoms with Crippen LogP contribution in [0.3, 0.4) is 0 Å². The third kappa shape index (κ3) is 5.58. The number of carbonyl (C=O) groups excluding carboxylic acids is 2. The van der Waals surface area contributed by atoms with Crippen molar-refractivity contribution >= 4 is 33.4 Å². The van der Waals surface area contributed by atoms with Gasteiger partial charge in [-0.1, -0.05) is 13.8 Å². The van der Waals surface area contributed by atoms with E-state index in [9.17, 15) is 18.0 Å². The standard InChI is InChI=1S/C23H33N5O5S/c1-5-27(6-2)34(31,32)18-9-10-20(26-13-7-8-14-26)19(15-18)23(30)33-16-22(29)25-21-11-12-24-28(21)17(3)4/h9-12,15,17H,5-8,13-14,16H2,1-4H3,(H,25,29). The third-order valence-corrected chi connectivity index (χ3v) is 7.79. The van der Waals surface area contributed by atoms with Crippen molar-refractivity contribution < 1.29 is 22.7 Å². The topological polar surface area (TPSA) is 114 Å². The minimum absolute atomic E-state index is 0.0244. The van der Waals surface area contributed by atoms with Gasteiger partial charge in [-0.3, -0.25) is 4.79 Å². The lowest BCUT2D eigenvalue weighted by molar-refractivity contribution is -0.119. The van der Waals surface area contributed by atoms with Crippen LogP contribution in [-0.4, -0.2) is 67.2 Å². The smallest absolute Gasteiger partial charge is 0.340 e. The molecule has 1 aromatic heterocycles. The van der Waals surface area contributed by atoms with Gasteiger partial charge in [-0.15, -0.1) is 0 Å². The molecule has 0 aliphatic carbocycles. The first-order valence-electron chi connectivity index (χ1n) is 11.6. The van der Waals surface area contributed by atoms with Gasteiger partial charge in [-0.25, -0.2) is 17.9 Å². The molecule has 1 aliphatic rings. The summed E-state index contributed by atoms with van der Waals surface area (Å²) in [6.45, 7) is 9.05. The number of benzene rings is 1. The summed E-state index contributed by atoms with van der Waals surface area (Å²) in [5.41, 5.74) is 0.745. The molecule has 3 rings (SSSR count). The molecule has 2 aromatic rings. The lowest BCUT2D eigenvalue weighted by atomic mass is 10.1. The number of nitrogens with one attached hydrogen (secondary N) is 1. The van der Waals surface area contributed by atoms with Crippen LogP contribution in [0, 0.1) is 0 Å². The van der Waals surface area contributed by atoms with Gasteiger partial charge in [0, 0.05) is 38.3 Å². The van der Waals surface area contributed by atoms with E-state index >= 15 is 0 Å². The van der Waals surface area contributed by atoms with Crippen molar-refractivity contribution in [3.8, 4) is 0 Å². The predicted octanol–water partition coefficient (Wildman–Crippen LogP) is 2.89. The Morgan fingerprint density at radius 3 is 2.44 bits per heavy atom. The van der Waals surface area contributed by atoms with Gasteiger partial charge in [0.05, 0.1) is 22.3 Å². The second-order valence-electron chi connectivity index (χ2n) is 8.34. The maximum absolute atomic E-state index is 13.0. The Morgan fingerprint density at radius 1 is 1.15 bits per heavy atom. The molecule has 1 fully saturated rings. The number of carbonyl (C=O) groups is 2. The lowest BCUT2D eigenvalue weighted by Gasteiger charge is -2.23. The van der Waals surface area contributed by atoms with Crippen molar-refractivity contribution in [2.24, 2.45) is 0 Å². The molecule has 1 aliphatic heterocycles. The number of anilines is 2. The average Bonchev–Trinajstić information content (AvgIpc) is 3.50. The zero-order chi connectivity index (χ0) is 24.9. The van der Waals surface area contributed by atoms with Gasteiger partial charge >= 0.3 is 5.97 Å². The molecule has 34 heavy (non-hydrogen) atoms. The Hall–Kier alpha value is -2.92. The molecule has 1 aromatic carbocycles. The van der Waals surface area contributed by atoms with Gasteiger partial charge < -0.3 is 15.0 Å². The van der Waals surface area contributed by atoms with Crippen LogP contribution >= 0.6 is 0 Å². The number of ether oxygens (including phenoxy) is 1. The van der Waals surface area contributed by atoms with Crippen molar-refractivity contribution in [2.45, 2.75) is 51.5 Å². The number of sulfonamides is 1. The largest absolute Gasteiger partial charge is 0.452 e. The molecule has 0 atom stereocenters. The number of nitrogens with zero attached hydrogens (tertiary/aromatic N) is 4. The summed E-state index contributed by atoms with van der Waals surface area (Å²) in [5, 5.41) is 6.84. The van der Waals surface area contributed by atoms with Gasteiger partial charge in [0.1, 0.15) is 5.82 Å². The first-order chi connectivity index (χ1) is 16.2. The molecule has 10 nitrogen and oxygen atoms in total. The molecule has 1 N–H and O–H groups in total. The fourth-order valence-corrected chi connectivity index (χ4v) is 5.48. The fraction of sp³-hybridized carbons (Fsp3) is 0.522. The molecule has 1 amide bonds. The van der Waals surface area contributed by atoms with Crippen LogP contribution in [0.2, 0.25) is 0 Å². The lowest BCUT2D eigenvalue weighted by Crippen LogP contribution is -2.31. The summed E-state index contributed by atoms with van der Waals surface area (Å²) in [7, 11) is -3.76. The highest BCUT2D eigenvalue weighted by atomic mass is 32.2. The predicted molar refractivity (Wildman–Crippen MR) is 130 cm³/mol. The molecule has 2 heterocycles.